The lowest BCUT2D eigenvalue weighted by molar-refractivity contribution is -0.385. The second kappa shape index (κ2) is 13.8. The molecule has 0 saturated carbocycles. The molecule has 0 aliphatic carbocycles. The lowest BCUT2D eigenvalue weighted by Crippen LogP contribution is -2.54. The average molecular weight is 627 g/mol. The lowest BCUT2D eigenvalue weighted by Gasteiger charge is -2.33. The van der Waals surface area contributed by atoms with E-state index in [1.807, 2.05) is 20.8 Å². The number of nitro groups is 1. The van der Waals surface area contributed by atoms with E-state index < -0.39 is 44.9 Å². The number of nitro benzene ring substituents is 1. The van der Waals surface area contributed by atoms with E-state index in [2.05, 4.69) is 5.32 Å². The number of benzene rings is 3. The molecule has 3 aromatic carbocycles. The topological polar surface area (TPSA) is 148 Å². The van der Waals surface area contributed by atoms with Gasteiger partial charge in [0.05, 0.1) is 29.7 Å². The van der Waals surface area contributed by atoms with Gasteiger partial charge in [-0.1, -0.05) is 18.2 Å². The largest absolute Gasteiger partial charge is 0.497 e. The summed E-state index contributed by atoms with van der Waals surface area (Å²) in [6.45, 7) is 7.77. The maximum Gasteiger partial charge on any atom is 0.273 e. The van der Waals surface area contributed by atoms with Gasteiger partial charge in [0.1, 0.15) is 24.1 Å². The van der Waals surface area contributed by atoms with E-state index in [-0.39, 0.29) is 28.4 Å². The molecule has 0 bridgehead atoms. The summed E-state index contributed by atoms with van der Waals surface area (Å²) in [6, 6.07) is 15.5. The van der Waals surface area contributed by atoms with Crippen molar-refractivity contribution < 1.29 is 32.4 Å². The second-order valence-electron chi connectivity index (χ2n) is 11.2. The van der Waals surface area contributed by atoms with Gasteiger partial charge < -0.3 is 19.7 Å². The van der Waals surface area contributed by atoms with Gasteiger partial charge in [-0.15, -0.1) is 0 Å². The van der Waals surface area contributed by atoms with Crippen LogP contribution in [0, 0.1) is 17.0 Å². The SMILES string of the molecule is COc1ccc(N(CC(=O)N(Cc2cccc(OC)c2)C(C)C(=O)NC(C)(C)C)S(=O)(=O)c2ccc(C)c([N+](=O)[O-])c2)cc1. The van der Waals surface area contributed by atoms with Crippen molar-refractivity contribution in [3.8, 4) is 11.5 Å². The molecule has 0 saturated heterocycles. The highest BCUT2D eigenvalue weighted by atomic mass is 32.2. The Hall–Kier alpha value is -4.65. The number of ether oxygens (including phenoxy) is 2. The van der Waals surface area contributed by atoms with Crippen LogP contribution in [0.4, 0.5) is 11.4 Å². The molecule has 1 atom stereocenters. The van der Waals surface area contributed by atoms with Crippen molar-refractivity contribution in [1.29, 1.82) is 0 Å². The van der Waals surface area contributed by atoms with E-state index in [1.54, 1.807) is 31.2 Å². The van der Waals surface area contributed by atoms with Crippen LogP contribution in [0.25, 0.3) is 0 Å². The molecule has 3 rings (SSSR count). The Morgan fingerprint density at radius 2 is 1.61 bits per heavy atom. The van der Waals surface area contributed by atoms with Gasteiger partial charge in [0.25, 0.3) is 15.7 Å². The van der Waals surface area contributed by atoms with Crippen LogP contribution in [0.2, 0.25) is 0 Å². The smallest absolute Gasteiger partial charge is 0.273 e. The third kappa shape index (κ3) is 8.25. The molecule has 2 amide bonds. The van der Waals surface area contributed by atoms with Crippen LogP contribution in [-0.2, 0) is 26.2 Å². The molecule has 0 radical (unpaired) electrons. The molecule has 44 heavy (non-hydrogen) atoms. The van der Waals surface area contributed by atoms with E-state index in [0.717, 1.165) is 10.4 Å². The fourth-order valence-electron chi connectivity index (χ4n) is 4.37. The number of hydrogen-bond donors (Lipinski definition) is 1. The summed E-state index contributed by atoms with van der Waals surface area (Å²) in [5, 5.41) is 14.5. The predicted octanol–water partition coefficient (Wildman–Crippen LogP) is 4.45. The van der Waals surface area contributed by atoms with Gasteiger partial charge in [-0.3, -0.25) is 24.0 Å². The Morgan fingerprint density at radius 1 is 0.977 bits per heavy atom. The van der Waals surface area contributed by atoms with Gasteiger partial charge in [-0.25, -0.2) is 8.42 Å². The Labute approximate surface area is 257 Å². The highest BCUT2D eigenvalue weighted by Gasteiger charge is 2.34. The normalized spacial score (nSPS) is 12.2. The van der Waals surface area contributed by atoms with Gasteiger partial charge in [0.15, 0.2) is 0 Å². The van der Waals surface area contributed by atoms with Gasteiger partial charge in [0, 0.05) is 23.7 Å². The molecule has 0 heterocycles. The minimum Gasteiger partial charge on any atom is -0.497 e. The molecular weight excluding hydrogens is 588 g/mol. The molecule has 3 aromatic rings. The van der Waals surface area contributed by atoms with Gasteiger partial charge in [0.2, 0.25) is 11.8 Å². The van der Waals surface area contributed by atoms with Crippen LogP contribution in [0.15, 0.2) is 71.6 Å². The summed E-state index contributed by atoms with van der Waals surface area (Å²) in [4.78, 5) is 39.2. The van der Waals surface area contributed by atoms with E-state index in [0.29, 0.717) is 17.1 Å². The Morgan fingerprint density at radius 3 is 2.18 bits per heavy atom. The zero-order valence-electron chi connectivity index (χ0n) is 25.9. The predicted molar refractivity (Wildman–Crippen MR) is 166 cm³/mol. The second-order valence-corrected chi connectivity index (χ2v) is 13.1. The Balaban J connectivity index is 2.11. The maximum atomic E-state index is 14.1. The number of rotatable bonds is 12. The minimum absolute atomic E-state index is 0.0265. The molecule has 1 N–H and O–H groups in total. The summed E-state index contributed by atoms with van der Waals surface area (Å²) in [5.74, 6) is -0.104. The van der Waals surface area contributed by atoms with Crippen molar-refractivity contribution in [3.05, 3.63) is 88.0 Å². The summed E-state index contributed by atoms with van der Waals surface area (Å²) in [5.41, 5.74) is 0.0919. The molecule has 0 aromatic heterocycles. The molecule has 0 aliphatic rings. The summed E-state index contributed by atoms with van der Waals surface area (Å²) in [7, 11) is -1.55. The number of carbonyl (C=O) groups excluding carboxylic acids is 2. The van der Waals surface area contributed by atoms with Crippen molar-refractivity contribution in [2.75, 3.05) is 25.1 Å². The number of sulfonamides is 1. The number of methoxy groups -OCH3 is 2. The van der Waals surface area contributed by atoms with E-state index >= 15 is 0 Å². The number of anilines is 1. The van der Waals surface area contributed by atoms with Crippen molar-refractivity contribution >= 4 is 33.2 Å². The quantitative estimate of drug-likeness (QED) is 0.229. The number of aryl methyl sites for hydroxylation is 1. The molecule has 0 fully saturated rings. The number of amides is 2. The Kier molecular flexibility index (Phi) is 10.6. The summed E-state index contributed by atoms with van der Waals surface area (Å²) >= 11 is 0. The van der Waals surface area contributed by atoms with E-state index in [4.69, 9.17) is 9.47 Å². The van der Waals surface area contributed by atoms with Crippen LogP contribution in [0.1, 0.15) is 38.8 Å². The molecule has 0 aliphatic heterocycles. The summed E-state index contributed by atoms with van der Waals surface area (Å²) in [6.07, 6.45) is 0. The first-order chi connectivity index (χ1) is 20.6. The third-order valence-corrected chi connectivity index (χ3v) is 8.53. The van der Waals surface area contributed by atoms with Crippen LogP contribution in [0.5, 0.6) is 11.5 Å². The van der Waals surface area contributed by atoms with Crippen LogP contribution < -0.4 is 19.1 Å². The van der Waals surface area contributed by atoms with Crippen LogP contribution >= 0.6 is 0 Å². The molecule has 12 nitrogen and oxygen atoms in total. The molecule has 1 unspecified atom stereocenters. The van der Waals surface area contributed by atoms with Crippen molar-refractivity contribution in [2.45, 2.75) is 57.6 Å². The van der Waals surface area contributed by atoms with E-state index in [1.165, 1.54) is 62.4 Å². The minimum atomic E-state index is -4.51. The number of nitrogens with one attached hydrogen (secondary N) is 1. The highest BCUT2D eigenvalue weighted by Crippen LogP contribution is 2.29. The maximum absolute atomic E-state index is 14.1. The lowest BCUT2D eigenvalue weighted by atomic mass is 10.1. The first-order valence-electron chi connectivity index (χ1n) is 13.7. The van der Waals surface area contributed by atoms with Crippen LogP contribution in [0.3, 0.4) is 0 Å². The van der Waals surface area contributed by atoms with Gasteiger partial charge in [-0.05, 0) is 82.6 Å². The highest BCUT2D eigenvalue weighted by molar-refractivity contribution is 7.92. The first kappa shape index (κ1) is 33.8. The average Bonchev–Trinajstić information content (AvgIpc) is 2.97. The first-order valence-corrected chi connectivity index (χ1v) is 15.2. The van der Waals surface area contributed by atoms with Crippen molar-refractivity contribution in [3.63, 3.8) is 0 Å². The summed E-state index contributed by atoms with van der Waals surface area (Å²) < 4.78 is 39.5. The number of nitrogens with zero attached hydrogens (tertiary/aromatic N) is 3. The van der Waals surface area contributed by atoms with Gasteiger partial charge >= 0.3 is 0 Å². The Bertz CT molecular complexity index is 1620. The fourth-order valence-corrected chi connectivity index (χ4v) is 5.81. The van der Waals surface area contributed by atoms with Crippen LogP contribution in [-0.4, -0.2) is 62.4 Å². The zero-order valence-corrected chi connectivity index (χ0v) is 26.7. The number of carbonyl (C=O) groups is 2. The van der Waals surface area contributed by atoms with Crippen molar-refractivity contribution in [2.24, 2.45) is 0 Å². The third-order valence-electron chi connectivity index (χ3n) is 6.76. The standard InChI is InChI=1S/C31H38N4O8S/c1-21-11-16-27(18-28(21)35(38)39)44(40,41)34(24-12-14-25(42-6)15-13-24)20-29(36)33(22(2)30(37)32-31(3,4)5)19-23-9-8-10-26(17-23)43-7/h8-18,22H,19-20H2,1-7H3,(H,32,37). The van der Waals surface area contributed by atoms with Gasteiger partial charge in [-0.2, -0.15) is 0 Å². The number of hydrogen-bond acceptors (Lipinski definition) is 8. The van der Waals surface area contributed by atoms with Crippen molar-refractivity contribution in [1.82, 2.24) is 10.2 Å². The molecule has 0 spiro atoms. The fraction of sp³-hybridized carbons (Fsp3) is 0.355. The molecular formula is C31H38N4O8S. The van der Waals surface area contributed by atoms with E-state index in [9.17, 15) is 28.1 Å². The monoisotopic (exact) mass is 626 g/mol. The molecule has 236 valence electrons. The molecule has 13 heteroatoms. The zero-order chi connectivity index (χ0) is 32.8.